The normalized spacial score (nSPS) is 23.5. The number of carbonyl (C=O) groups excluding carboxylic acids is 2. The van der Waals surface area contributed by atoms with Gasteiger partial charge in [-0.25, -0.2) is 9.97 Å². The SMILES string of the molecule is Nc1nc(N2CCC3(CC2)CC(=O)C[C@@H]3N)cnc1Sc1ccc2c(c1)NC(=O)C2(F)F. The molecule has 1 saturated heterocycles. The van der Waals surface area contributed by atoms with E-state index in [1.54, 1.807) is 6.20 Å². The number of hydrogen-bond acceptors (Lipinski definition) is 8. The molecule has 1 aliphatic carbocycles. The molecule has 0 radical (unpaired) electrons. The summed E-state index contributed by atoms with van der Waals surface area (Å²) in [6.07, 6.45) is 4.30. The molecule has 1 atom stereocenters. The summed E-state index contributed by atoms with van der Waals surface area (Å²) in [6, 6.07) is 4.13. The third kappa shape index (κ3) is 3.39. The van der Waals surface area contributed by atoms with Gasteiger partial charge in [-0.2, -0.15) is 8.78 Å². The van der Waals surface area contributed by atoms with Crippen LogP contribution in [-0.4, -0.2) is 40.8 Å². The monoisotopic (exact) mass is 460 g/mol. The number of anilines is 3. The number of hydrogen-bond donors (Lipinski definition) is 3. The topological polar surface area (TPSA) is 127 Å². The average Bonchev–Trinajstić information content (AvgIpc) is 3.14. The van der Waals surface area contributed by atoms with E-state index in [9.17, 15) is 18.4 Å². The Morgan fingerprint density at radius 3 is 2.62 bits per heavy atom. The molecule has 5 N–H and O–H groups in total. The van der Waals surface area contributed by atoms with E-state index in [4.69, 9.17) is 11.5 Å². The molecule has 1 aromatic carbocycles. The molecule has 2 aromatic rings. The number of piperidine rings is 1. The van der Waals surface area contributed by atoms with E-state index in [0.717, 1.165) is 25.9 Å². The highest BCUT2D eigenvalue weighted by atomic mass is 32.2. The minimum absolute atomic E-state index is 0.0795. The van der Waals surface area contributed by atoms with Crippen LogP contribution in [-0.2, 0) is 15.5 Å². The highest BCUT2D eigenvalue weighted by Crippen LogP contribution is 2.45. The van der Waals surface area contributed by atoms with Crippen LogP contribution in [0.5, 0.6) is 0 Å². The van der Waals surface area contributed by atoms with E-state index in [-0.39, 0.29) is 34.3 Å². The van der Waals surface area contributed by atoms with Crippen molar-refractivity contribution in [3.63, 3.8) is 0 Å². The van der Waals surface area contributed by atoms with Crippen LogP contribution in [0, 0.1) is 5.41 Å². The number of nitrogen functional groups attached to an aromatic ring is 1. The van der Waals surface area contributed by atoms with Crippen molar-refractivity contribution in [2.24, 2.45) is 11.1 Å². The van der Waals surface area contributed by atoms with Crippen LogP contribution >= 0.6 is 11.8 Å². The van der Waals surface area contributed by atoms with Crippen molar-refractivity contribution in [3.05, 3.63) is 30.0 Å². The van der Waals surface area contributed by atoms with Gasteiger partial charge in [0.05, 0.1) is 17.4 Å². The Labute approximate surface area is 187 Å². The molecule has 5 rings (SSSR count). The lowest BCUT2D eigenvalue weighted by Gasteiger charge is -2.41. The van der Waals surface area contributed by atoms with Gasteiger partial charge in [0.25, 0.3) is 5.91 Å². The molecule has 11 heteroatoms. The molecule has 2 fully saturated rings. The predicted octanol–water partition coefficient (Wildman–Crippen LogP) is 2.53. The van der Waals surface area contributed by atoms with E-state index in [0.29, 0.717) is 28.6 Å². The fourth-order valence-electron chi connectivity index (χ4n) is 4.80. The standard InChI is InChI=1S/C21H22F2N6O2S/c22-21(23)13-2-1-12(8-14(13)27-19(21)31)32-18-17(25)28-16(10-26-18)29-5-3-20(4-6-29)9-11(30)7-15(20)24/h1-2,8,10,15H,3-7,9,24H2,(H2,25,28)(H,27,31)/t15-/m0/s1. The Balaban J connectivity index is 1.28. The molecule has 168 valence electrons. The van der Waals surface area contributed by atoms with Crippen molar-refractivity contribution in [2.75, 3.05) is 29.0 Å². The third-order valence-electron chi connectivity index (χ3n) is 6.70. The number of benzene rings is 1. The number of nitrogens with two attached hydrogens (primary N) is 2. The zero-order valence-corrected chi connectivity index (χ0v) is 17.9. The average molecular weight is 461 g/mol. The number of aromatic nitrogens is 2. The fourth-order valence-corrected chi connectivity index (χ4v) is 5.59. The minimum atomic E-state index is -3.53. The number of halogens is 2. The number of nitrogens with one attached hydrogen (secondary N) is 1. The quantitative estimate of drug-likeness (QED) is 0.638. The number of ketones is 1. The zero-order chi connectivity index (χ0) is 22.7. The lowest BCUT2D eigenvalue weighted by molar-refractivity contribution is -0.139. The lowest BCUT2D eigenvalue weighted by Crippen LogP contribution is -2.47. The first kappa shape index (κ1) is 21.1. The van der Waals surface area contributed by atoms with Crippen molar-refractivity contribution in [3.8, 4) is 0 Å². The van der Waals surface area contributed by atoms with Gasteiger partial charge in [-0.3, -0.25) is 9.59 Å². The Hall–Kier alpha value is -2.79. The van der Waals surface area contributed by atoms with Crippen molar-refractivity contribution in [1.29, 1.82) is 0 Å². The van der Waals surface area contributed by atoms with E-state index in [1.165, 1.54) is 30.0 Å². The van der Waals surface area contributed by atoms with Crippen molar-refractivity contribution in [1.82, 2.24) is 9.97 Å². The molecular formula is C21H22F2N6O2S. The smallest absolute Gasteiger partial charge is 0.352 e. The summed E-state index contributed by atoms with van der Waals surface area (Å²) in [5.41, 5.74) is 12.0. The van der Waals surface area contributed by atoms with Crippen LogP contribution in [0.3, 0.4) is 0 Å². The molecule has 3 aliphatic rings. The molecule has 1 spiro atoms. The van der Waals surface area contributed by atoms with E-state index in [2.05, 4.69) is 20.2 Å². The van der Waals surface area contributed by atoms with Gasteiger partial charge in [-0.05, 0) is 36.5 Å². The molecule has 1 aromatic heterocycles. The summed E-state index contributed by atoms with van der Waals surface area (Å²) in [5, 5.41) is 2.65. The number of nitrogens with zero attached hydrogens (tertiary/aromatic N) is 3. The Bertz CT molecular complexity index is 1120. The molecule has 0 unspecified atom stereocenters. The maximum Gasteiger partial charge on any atom is 0.352 e. The number of rotatable bonds is 3. The van der Waals surface area contributed by atoms with Gasteiger partial charge in [0.2, 0.25) is 0 Å². The summed E-state index contributed by atoms with van der Waals surface area (Å²) < 4.78 is 27.6. The van der Waals surface area contributed by atoms with Crippen molar-refractivity contribution in [2.45, 2.75) is 47.6 Å². The van der Waals surface area contributed by atoms with Gasteiger partial charge >= 0.3 is 5.92 Å². The fraction of sp³-hybridized carbons (Fsp3) is 0.429. The maximum absolute atomic E-state index is 13.8. The lowest BCUT2D eigenvalue weighted by atomic mass is 9.74. The van der Waals surface area contributed by atoms with Crippen molar-refractivity contribution >= 4 is 40.8 Å². The number of Topliss-reactive ketones (excluding diaryl/α,β-unsaturated/α-hetero) is 1. The van der Waals surface area contributed by atoms with Crippen molar-refractivity contribution < 1.29 is 18.4 Å². The largest absolute Gasteiger partial charge is 0.381 e. The Kier molecular flexibility index (Phi) is 4.86. The molecule has 1 saturated carbocycles. The van der Waals surface area contributed by atoms with E-state index >= 15 is 0 Å². The van der Waals surface area contributed by atoms with Gasteiger partial charge in [0.1, 0.15) is 16.6 Å². The highest BCUT2D eigenvalue weighted by molar-refractivity contribution is 7.99. The second-order valence-corrected chi connectivity index (χ2v) is 9.69. The first-order valence-corrected chi connectivity index (χ1v) is 11.2. The molecule has 1 amide bonds. The highest BCUT2D eigenvalue weighted by Gasteiger charge is 2.48. The number of amides is 1. The van der Waals surface area contributed by atoms with Gasteiger partial charge in [-0.1, -0.05) is 11.8 Å². The third-order valence-corrected chi connectivity index (χ3v) is 7.69. The number of carbonyl (C=O) groups is 2. The maximum atomic E-state index is 13.8. The molecular weight excluding hydrogens is 438 g/mol. The summed E-state index contributed by atoms with van der Waals surface area (Å²) >= 11 is 1.19. The van der Waals surface area contributed by atoms with Gasteiger partial charge < -0.3 is 21.7 Å². The molecule has 2 aliphatic heterocycles. The Morgan fingerprint density at radius 2 is 1.97 bits per heavy atom. The first-order chi connectivity index (χ1) is 15.2. The van der Waals surface area contributed by atoms with Crippen LogP contribution in [0.25, 0.3) is 0 Å². The van der Waals surface area contributed by atoms with Gasteiger partial charge in [0, 0.05) is 36.9 Å². The summed E-state index contributed by atoms with van der Waals surface area (Å²) in [4.78, 5) is 34.9. The second-order valence-electron chi connectivity index (χ2n) is 8.63. The van der Waals surface area contributed by atoms with Crippen LogP contribution in [0.15, 0.2) is 34.3 Å². The molecule has 0 bridgehead atoms. The van der Waals surface area contributed by atoms with Gasteiger partial charge in [-0.15, -0.1) is 0 Å². The van der Waals surface area contributed by atoms with Crippen LogP contribution in [0.2, 0.25) is 0 Å². The number of alkyl halides is 2. The molecule has 3 heterocycles. The summed E-state index contributed by atoms with van der Waals surface area (Å²) in [6.45, 7) is 1.45. The Morgan fingerprint density at radius 1 is 1.22 bits per heavy atom. The summed E-state index contributed by atoms with van der Waals surface area (Å²) in [7, 11) is 0. The minimum Gasteiger partial charge on any atom is -0.381 e. The molecule has 8 nitrogen and oxygen atoms in total. The van der Waals surface area contributed by atoms with Crippen LogP contribution in [0.4, 0.5) is 26.1 Å². The van der Waals surface area contributed by atoms with Crippen LogP contribution < -0.4 is 21.7 Å². The molecule has 32 heavy (non-hydrogen) atoms. The van der Waals surface area contributed by atoms with E-state index in [1.807, 2.05) is 0 Å². The summed E-state index contributed by atoms with van der Waals surface area (Å²) in [5.74, 6) is -3.73. The second kappa shape index (κ2) is 7.38. The first-order valence-electron chi connectivity index (χ1n) is 10.3. The number of fused-ring (bicyclic) bond motifs is 1. The van der Waals surface area contributed by atoms with E-state index < -0.39 is 11.8 Å². The van der Waals surface area contributed by atoms with Crippen LogP contribution in [0.1, 0.15) is 31.2 Å². The van der Waals surface area contributed by atoms with Gasteiger partial charge in [0.15, 0.2) is 5.82 Å². The predicted molar refractivity (Wildman–Crippen MR) is 116 cm³/mol. The zero-order valence-electron chi connectivity index (χ0n) is 17.1.